The second kappa shape index (κ2) is 13.3. The van der Waals surface area contributed by atoms with E-state index in [1.807, 2.05) is 17.0 Å². The summed E-state index contributed by atoms with van der Waals surface area (Å²) in [6.45, 7) is 7.00. The second-order valence-electron chi connectivity index (χ2n) is 11.3. The highest BCUT2D eigenvalue weighted by Crippen LogP contribution is 2.43. The molecular weight excluding hydrogens is 492 g/mol. The lowest BCUT2D eigenvalue weighted by Crippen LogP contribution is -2.41. The molecule has 2 aliphatic heterocycles. The summed E-state index contributed by atoms with van der Waals surface area (Å²) in [5.74, 6) is 1.06. The van der Waals surface area contributed by atoms with Crippen molar-refractivity contribution in [3.05, 3.63) is 107 Å². The van der Waals surface area contributed by atoms with E-state index in [1.165, 1.54) is 35.1 Å². The zero-order chi connectivity index (χ0) is 27.9. The van der Waals surface area contributed by atoms with Crippen molar-refractivity contribution >= 4 is 11.5 Å². The molecule has 2 heterocycles. The van der Waals surface area contributed by atoms with E-state index in [9.17, 15) is 4.79 Å². The monoisotopic (exact) mass is 536 g/mol. The number of fused-ring (bicyclic) bond motifs is 2. The predicted octanol–water partition coefficient (Wildman–Crippen LogP) is 7.63. The number of ether oxygens (including phenoxy) is 1. The fourth-order valence-corrected chi connectivity index (χ4v) is 6.72. The summed E-state index contributed by atoms with van der Waals surface area (Å²) >= 11 is 0. The van der Waals surface area contributed by atoms with Crippen molar-refractivity contribution in [2.24, 2.45) is 0 Å². The first-order valence-electron chi connectivity index (χ1n) is 15.2. The van der Waals surface area contributed by atoms with Crippen molar-refractivity contribution < 1.29 is 9.53 Å². The Morgan fingerprint density at radius 2 is 1.38 bits per heavy atom. The third-order valence-electron chi connectivity index (χ3n) is 8.66. The number of methoxy groups -OCH3 is 1. The van der Waals surface area contributed by atoms with E-state index in [0.717, 1.165) is 63.1 Å². The number of nitrogens with zero attached hydrogens (tertiary/aromatic N) is 2. The van der Waals surface area contributed by atoms with E-state index in [-0.39, 0.29) is 5.91 Å². The van der Waals surface area contributed by atoms with Gasteiger partial charge in [-0.3, -0.25) is 9.69 Å². The lowest BCUT2D eigenvalue weighted by Gasteiger charge is -2.37. The minimum Gasteiger partial charge on any atom is -0.497 e. The van der Waals surface area contributed by atoms with Crippen LogP contribution in [0.5, 0.6) is 5.75 Å². The van der Waals surface area contributed by atoms with Crippen LogP contribution in [0.2, 0.25) is 0 Å². The SMILES string of the molecule is CCCN(CCC)C(=O)c1ccc(C(=C2CC3CCC(C2)N3CCc2ccc(OC)cc2)c2ccccc2)cc1. The van der Waals surface area contributed by atoms with Gasteiger partial charge in [-0.15, -0.1) is 0 Å². The Hall–Kier alpha value is -3.37. The molecule has 0 saturated carbocycles. The molecule has 4 nitrogen and oxygen atoms in total. The predicted molar refractivity (Wildman–Crippen MR) is 165 cm³/mol. The quantitative estimate of drug-likeness (QED) is 0.253. The number of amides is 1. The number of carbonyl (C=O) groups is 1. The van der Waals surface area contributed by atoms with Gasteiger partial charge < -0.3 is 9.64 Å². The van der Waals surface area contributed by atoms with Crippen molar-refractivity contribution in [2.75, 3.05) is 26.7 Å². The van der Waals surface area contributed by atoms with Crippen LogP contribution in [0.4, 0.5) is 0 Å². The van der Waals surface area contributed by atoms with Crippen LogP contribution in [-0.4, -0.2) is 54.5 Å². The van der Waals surface area contributed by atoms with Gasteiger partial charge in [-0.2, -0.15) is 0 Å². The first-order valence-corrected chi connectivity index (χ1v) is 15.2. The van der Waals surface area contributed by atoms with Crippen molar-refractivity contribution in [2.45, 2.75) is 70.9 Å². The second-order valence-corrected chi connectivity index (χ2v) is 11.3. The molecule has 0 spiro atoms. The van der Waals surface area contributed by atoms with Crippen molar-refractivity contribution in [3.63, 3.8) is 0 Å². The van der Waals surface area contributed by atoms with Crippen molar-refractivity contribution in [1.82, 2.24) is 9.80 Å². The largest absolute Gasteiger partial charge is 0.497 e. The average molecular weight is 537 g/mol. The molecule has 0 aromatic heterocycles. The van der Waals surface area contributed by atoms with Crippen LogP contribution in [0.15, 0.2) is 84.4 Å². The average Bonchev–Trinajstić information content (AvgIpc) is 3.23. The smallest absolute Gasteiger partial charge is 0.253 e. The van der Waals surface area contributed by atoms with Gasteiger partial charge in [0.25, 0.3) is 5.91 Å². The summed E-state index contributed by atoms with van der Waals surface area (Å²) in [6, 6.07) is 29.0. The normalized spacial score (nSPS) is 18.5. The highest BCUT2D eigenvalue weighted by molar-refractivity contribution is 5.95. The molecule has 2 fully saturated rings. The lowest BCUT2D eigenvalue weighted by molar-refractivity contribution is 0.0755. The number of carbonyl (C=O) groups excluding carboxylic acids is 1. The Kier molecular flexibility index (Phi) is 9.38. The van der Waals surface area contributed by atoms with Crippen LogP contribution < -0.4 is 4.74 Å². The molecule has 0 radical (unpaired) electrons. The Balaban J connectivity index is 1.37. The number of rotatable bonds is 11. The van der Waals surface area contributed by atoms with Gasteiger partial charge in [0.2, 0.25) is 0 Å². The highest BCUT2D eigenvalue weighted by Gasteiger charge is 2.39. The van der Waals surface area contributed by atoms with Crippen LogP contribution >= 0.6 is 0 Å². The number of benzene rings is 3. The topological polar surface area (TPSA) is 32.8 Å². The van der Waals surface area contributed by atoms with Crippen LogP contribution in [-0.2, 0) is 6.42 Å². The van der Waals surface area contributed by atoms with Crippen molar-refractivity contribution in [1.29, 1.82) is 0 Å². The lowest BCUT2D eigenvalue weighted by atomic mass is 9.85. The van der Waals surface area contributed by atoms with E-state index < -0.39 is 0 Å². The number of hydrogen-bond donors (Lipinski definition) is 0. The molecule has 2 aliphatic rings. The van der Waals surface area contributed by atoms with Gasteiger partial charge in [-0.1, -0.05) is 74.0 Å². The highest BCUT2D eigenvalue weighted by atomic mass is 16.5. The first-order chi connectivity index (χ1) is 19.6. The summed E-state index contributed by atoms with van der Waals surface area (Å²) in [7, 11) is 1.72. The molecule has 3 aromatic carbocycles. The molecule has 0 N–H and O–H groups in total. The van der Waals surface area contributed by atoms with Crippen LogP contribution in [0.1, 0.15) is 79.4 Å². The Morgan fingerprint density at radius 3 is 1.95 bits per heavy atom. The third-order valence-corrected chi connectivity index (χ3v) is 8.66. The zero-order valence-electron chi connectivity index (χ0n) is 24.4. The van der Waals surface area contributed by atoms with Gasteiger partial charge in [-0.05, 0) is 91.5 Å². The number of piperidine rings is 1. The minimum absolute atomic E-state index is 0.146. The van der Waals surface area contributed by atoms with E-state index >= 15 is 0 Å². The van der Waals surface area contributed by atoms with E-state index in [0.29, 0.717) is 12.1 Å². The fraction of sp³-hybridized carbons (Fsp3) is 0.417. The zero-order valence-corrected chi connectivity index (χ0v) is 24.4. The van der Waals surface area contributed by atoms with Gasteiger partial charge in [0.05, 0.1) is 7.11 Å². The summed E-state index contributed by atoms with van der Waals surface area (Å²) in [5, 5.41) is 0. The maximum atomic E-state index is 13.2. The minimum atomic E-state index is 0.146. The van der Waals surface area contributed by atoms with Crippen molar-refractivity contribution in [3.8, 4) is 5.75 Å². The molecule has 1 amide bonds. The molecule has 2 saturated heterocycles. The van der Waals surface area contributed by atoms with Gasteiger partial charge in [0.15, 0.2) is 0 Å². The number of hydrogen-bond acceptors (Lipinski definition) is 3. The summed E-state index contributed by atoms with van der Waals surface area (Å²) in [4.78, 5) is 18.0. The van der Waals surface area contributed by atoms with E-state index in [2.05, 4.69) is 85.5 Å². The Bertz CT molecular complexity index is 1260. The Labute approximate surface area is 240 Å². The van der Waals surface area contributed by atoms with Gasteiger partial charge >= 0.3 is 0 Å². The molecule has 2 atom stereocenters. The molecule has 4 heteroatoms. The maximum absolute atomic E-state index is 13.2. The molecule has 5 rings (SSSR count). The van der Waals surface area contributed by atoms with E-state index in [4.69, 9.17) is 4.74 Å². The summed E-state index contributed by atoms with van der Waals surface area (Å²) < 4.78 is 5.33. The van der Waals surface area contributed by atoms with Crippen LogP contribution in [0.3, 0.4) is 0 Å². The first kappa shape index (κ1) is 28.2. The molecule has 40 heavy (non-hydrogen) atoms. The maximum Gasteiger partial charge on any atom is 0.253 e. The van der Waals surface area contributed by atoms with Gasteiger partial charge in [-0.25, -0.2) is 0 Å². The van der Waals surface area contributed by atoms with Gasteiger partial charge in [0.1, 0.15) is 5.75 Å². The molecule has 0 aliphatic carbocycles. The summed E-state index contributed by atoms with van der Waals surface area (Å²) in [6.07, 6.45) is 7.81. The van der Waals surface area contributed by atoms with Gasteiger partial charge in [0, 0.05) is 37.3 Å². The Morgan fingerprint density at radius 1 is 0.800 bits per heavy atom. The molecule has 2 bridgehead atoms. The molecule has 210 valence electrons. The van der Waals surface area contributed by atoms with Crippen LogP contribution in [0, 0.1) is 0 Å². The summed E-state index contributed by atoms with van der Waals surface area (Å²) in [5.41, 5.74) is 7.60. The van der Waals surface area contributed by atoms with E-state index in [1.54, 1.807) is 12.7 Å². The molecular formula is C36H44N2O2. The fourth-order valence-electron chi connectivity index (χ4n) is 6.72. The third kappa shape index (κ3) is 6.33. The molecule has 3 aromatic rings. The standard InChI is InChI=1S/C36H44N2O2/c1-4-22-37(23-5-2)36(39)30-15-13-29(14-16-30)35(28-9-7-6-8-10-28)31-25-32-17-18-33(26-31)38(32)24-21-27-11-19-34(40-3)20-12-27/h6-16,19-20,32-33H,4-5,17-18,21-26H2,1-3H3. The van der Waals surface area contributed by atoms with Crippen LogP contribution in [0.25, 0.3) is 5.57 Å². The molecule has 2 unspecified atom stereocenters.